The summed E-state index contributed by atoms with van der Waals surface area (Å²) in [5, 5.41) is 2.83. The number of hydrogen-bond acceptors (Lipinski definition) is 5. The average Bonchev–Trinajstić information content (AvgIpc) is 3.14. The molecule has 0 aliphatic carbocycles. The van der Waals surface area contributed by atoms with Crippen LogP contribution in [0.25, 0.3) is 0 Å². The topological polar surface area (TPSA) is 88.8 Å². The van der Waals surface area contributed by atoms with Gasteiger partial charge in [-0.1, -0.05) is 0 Å². The molecule has 2 saturated heterocycles. The molecule has 3 heterocycles. The van der Waals surface area contributed by atoms with Gasteiger partial charge in [0.15, 0.2) is 0 Å². The second-order valence-electron chi connectivity index (χ2n) is 6.36. The van der Waals surface area contributed by atoms with Crippen molar-refractivity contribution in [2.24, 2.45) is 17.8 Å². The van der Waals surface area contributed by atoms with E-state index < -0.39 is 10.0 Å². The number of fused-ring (bicyclic) bond motifs is 1. The molecule has 1 amide bonds. The van der Waals surface area contributed by atoms with Crippen LogP contribution in [0.3, 0.4) is 0 Å². The summed E-state index contributed by atoms with van der Waals surface area (Å²) in [5.41, 5.74) is 0. The number of ether oxygens (including phenoxy) is 1. The zero-order valence-corrected chi connectivity index (χ0v) is 13.9. The molecule has 1 aromatic rings. The SMILES string of the molecule is CS(=O)(=O)N1C[C@@H]2COC[C@@H](CC(=O)NCc3ccco3)[C@@H]2C1. The average molecular weight is 342 g/mol. The zero-order valence-electron chi connectivity index (χ0n) is 13.1. The van der Waals surface area contributed by atoms with Crippen LogP contribution in [-0.4, -0.2) is 51.2 Å². The summed E-state index contributed by atoms with van der Waals surface area (Å²) >= 11 is 0. The summed E-state index contributed by atoms with van der Waals surface area (Å²) in [6.45, 7) is 2.42. The number of nitrogens with one attached hydrogen (secondary N) is 1. The Morgan fingerprint density at radius 2 is 2.22 bits per heavy atom. The standard InChI is InChI=1S/C15H22N2O5S/c1-23(19,20)17-7-12-10-21-9-11(14(12)8-17)5-15(18)16-6-13-3-2-4-22-13/h2-4,11-12,14H,5-10H2,1H3,(H,16,18)/t11-,12-,14+/m1/s1. The molecule has 3 rings (SSSR count). The highest BCUT2D eigenvalue weighted by molar-refractivity contribution is 7.88. The van der Waals surface area contributed by atoms with Crippen LogP contribution in [0.5, 0.6) is 0 Å². The van der Waals surface area contributed by atoms with Crippen LogP contribution in [-0.2, 0) is 26.1 Å². The zero-order chi connectivity index (χ0) is 16.4. The van der Waals surface area contributed by atoms with Gasteiger partial charge >= 0.3 is 0 Å². The lowest BCUT2D eigenvalue weighted by atomic mass is 9.81. The van der Waals surface area contributed by atoms with Crippen LogP contribution in [0.2, 0.25) is 0 Å². The number of furan rings is 1. The lowest BCUT2D eigenvalue weighted by Gasteiger charge is -2.32. The first-order valence-electron chi connectivity index (χ1n) is 7.75. The Morgan fingerprint density at radius 1 is 1.39 bits per heavy atom. The Labute approximate surface area is 136 Å². The van der Waals surface area contributed by atoms with E-state index >= 15 is 0 Å². The van der Waals surface area contributed by atoms with Crippen molar-refractivity contribution >= 4 is 15.9 Å². The van der Waals surface area contributed by atoms with Crippen LogP contribution in [0.1, 0.15) is 12.2 Å². The summed E-state index contributed by atoms with van der Waals surface area (Å²) in [6, 6.07) is 3.58. The number of nitrogens with zero attached hydrogens (tertiary/aromatic N) is 1. The number of carbonyl (C=O) groups excluding carboxylic acids is 1. The molecule has 0 spiro atoms. The number of carbonyl (C=O) groups is 1. The van der Waals surface area contributed by atoms with Crippen molar-refractivity contribution in [3.8, 4) is 0 Å². The van der Waals surface area contributed by atoms with Crippen LogP contribution in [0, 0.1) is 17.8 Å². The van der Waals surface area contributed by atoms with Crippen LogP contribution in [0.4, 0.5) is 0 Å². The number of hydrogen-bond donors (Lipinski definition) is 1. The summed E-state index contributed by atoms with van der Waals surface area (Å²) in [6.07, 6.45) is 3.15. The Bertz CT molecular complexity index is 643. The molecule has 0 bridgehead atoms. The van der Waals surface area contributed by atoms with E-state index in [1.54, 1.807) is 18.4 Å². The van der Waals surface area contributed by atoms with E-state index in [-0.39, 0.29) is 23.7 Å². The molecule has 23 heavy (non-hydrogen) atoms. The Balaban J connectivity index is 1.56. The highest BCUT2D eigenvalue weighted by Crippen LogP contribution is 2.36. The summed E-state index contributed by atoms with van der Waals surface area (Å²) < 4.78 is 35.7. The Hall–Kier alpha value is -1.38. The molecule has 3 atom stereocenters. The van der Waals surface area contributed by atoms with Crippen molar-refractivity contribution in [1.82, 2.24) is 9.62 Å². The molecule has 2 aliphatic rings. The largest absolute Gasteiger partial charge is 0.467 e. The van der Waals surface area contributed by atoms with Crippen molar-refractivity contribution in [1.29, 1.82) is 0 Å². The van der Waals surface area contributed by atoms with E-state index in [0.717, 1.165) is 0 Å². The number of sulfonamides is 1. The van der Waals surface area contributed by atoms with Gasteiger partial charge in [0, 0.05) is 25.4 Å². The van der Waals surface area contributed by atoms with E-state index in [4.69, 9.17) is 9.15 Å². The second-order valence-corrected chi connectivity index (χ2v) is 8.34. The van der Waals surface area contributed by atoms with E-state index in [9.17, 15) is 13.2 Å². The van der Waals surface area contributed by atoms with E-state index in [1.165, 1.54) is 10.6 Å². The van der Waals surface area contributed by atoms with Crippen molar-refractivity contribution in [2.45, 2.75) is 13.0 Å². The molecule has 2 fully saturated rings. The first-order valence-corrected chi connectivity index (χ1v) is 9.60. The summed E-state index contributed by atoms with van der Waals surface area (Å²) in [5.74, 6) is 1.07. The van der Waals surface area contributed by atoms with E-state index in [2.05, 4.69) is 5.32 Å². The fourth-order valence-corrected chi connectivity index (χ4v) is 4.36. The predicted molar refractivity (Wildman–Crippen MR) is 82.9 cm³/mol. The molecule has 8 heteroatoms. The van der Waals surface area contributed by atoms with E-state index in [1.807, 2.05) is 0 Å². The van der Waals surface area contributed by atoms with Gasteiger partial charge in [-0.05, 0) is 24.0 Å². The molecular weight excluding hydrogens is 320 g/mol. The second kappa shape index (κ2) is 6.62. The van der Waals surface area contributed by atoms with Gasteiger partial charge in [-0.3, -0.25) is 4.79 Å². The van der Waals surface area contributed by atoms with Gasteiger partial charge in [-0.15, -0.1) is 0 Å². The van der Waals surface area contributed by atoms with Gasteiger partial charge in [0.25, 0.3) is 0 Å². The molecule has 0 saturated carbocycles. The minimum atomic E-state index is -3.19. The van der Waals surface area contributed by atoms with Crippen molar-refractivity contribution in [2.75, 3.05) is 32.6 Å². The molecule has 0 radical (unpaired) electrons. The van der Waals surface area contributed by atoms with Crippen LogP contribution in [0.15, 0.2) is 22.8 Å². The smallest absolute Gasteiger partial charge is 0.220 e. The van der Waals surface area contributed by atoms with Gasteiger partial charge in [0.2, 0.25) is 15.9 Å². The Kier molecular flexibility index (Phi) is 4.74. The fraction of sp³-hybridized carbons (Fsp3) is 0.667. The summed E-state index contributed by atoms with van der Waals surface area (Å²) in [7, 11) is -3.19. The first-order chi connectivity index (χ1) is 10.9. The highest BCUT2D eigenvalue weighted by atomic mass is 32.2. The highest BCUT2D eigenvalue weighted by Gasteiger charge is 2.44. The number of rotatable bonds is 5. The fourth-order valence-electron chi connectivity index (χ4n) is 3.45. The molecule has 7 nitrogen and oxygen atoms in total. The Morgan fingerprint density at radius 3 is 2.91 bits per heavy atom. The predicted octanol–water partition coefficient (Wildman–Crippen LogP) is 0.440. The summed E-state index contributed by atoms with van der Waals surface area (Å²) in [4.78, 5) is 12.1. The molecule has 0 aromatic carbocycles. The van der Waals surface area contributed by atoms with Crippen LogP contribution >= 0.6 is 0 Å². The maximum Gasteiger partial charge on any atom is 0.220 e. The monoisotopic (exact) mass is 342 g/mol. The number of amides is 1. The molecule has 0 unspecified atom stereocenters. The minimum Gasteiger partial charge on any atom is -0.467 e. The van der Waals surface area contributed by atoms with Gasteiger partial charge < -0.3 is 14.5 Å². The maximum atomic E-state index is 12.1. The quantitative estimate of drug-likeness (QED) is 0.839. The minimum absolute atomic E-state index is 0.0529. The van der Waals surface area contributed by atoms with Crippen molar-refractivity contribution in [3.63, 3.8) is 0 Å². The van der Waals surface area contributed by atoms with Gasteiger partial charge in [-0.25, -0.2) is 12.7 Å². The maximum absolute atomic E-state index is 12.1. The third-order valence-electron chi connectivity index (χ3n) is 4.68. The lowest BCUT2D eigenvalue weighted by Crippen LogP contribution is -2.38. The van der Waals surface area contributed by atoms with Crippen molar-refractivity contribution in [3.05, 3.63) is 24.2 Å². The normalized spacial score (nSPS) is 28.5. The van der Waals surface area contributed by atoms with E-state index in [0.29, 0.717) is 45.0 Å². The molecular formula is C15H22N2O5S. The molecule has 2 aliphatic heterocycles. The van der Waals surface area contributed by atoms with Gasteiger partial charge in [-0.2, -0.15) is 0 Å². The lowest BCUT2D eigenvalue weighted by molar-refractivity contribution is -0.124. The molecule has 128 valence electrons. The molecule has 1 aromatic heterocycles. The van der Waals surface area contributed by atoms with Gasteiger partial charge in [0.1, 0.15) is 5.76 Å². The first kappa shape index (κ1) is 16.5. The third-order valence-corrected chi connectivity index (χ3v) is 5.92. The third kappa shape index (κ3) is 3.94. The van der Waals surface area contributed by atoms with Crippen LogP contribution < -0.4 is 5.32 Å². The molecule has 1 N–H and O–H groups in total. The van der Waals surface area contributed by atoms with Crippen molar-refractivity contribution < 1.29 is 22.4 Å². The van der Waals surface area contributed by atoms with Gasteiger partial charge in [0.05, 0.1) is 32.3 Å².